The zero-order chi connectivity index (χ0) is 16.1. The van der Waals surface area contributed by atoms with Gasteiger partial charge in [0.05, 0.1) is 16.6 Å². The van der Waals surface area contributed by atoms with Crippen molar-refractivity contribution >= 4 is 28.8 Å². The van der Waals surface area contributed by atoms with Crippen molar-refractivity contribution in [2.24, 2.45) is 0 Å². The molecule has 1 atom stereocenters. The van der Waals surface area contributed by atoms with Crippen LogP contribution in [0.4, 0.5) is 0 Å². The quantitative estimate of drug-likeness (QED) is 0.847. The Morgan fingerprint density at radius 2 is 2.05 bits per heavy atom. The van der Waals surface area contributed by atoms with Gasteiger partial charge in [0.2, 0.25) is 5.91 Å². The molecule has 0 aliphatic rings. The summed E-state index contributed by atoms with van der Waals surface area (Å²) in [4.78, 5) is 17.5. The Labute approximate surface area is 139 Å². The van der Waals surface area contributed by atoms with Gasteiger partial charge in [-0.25, -0.2) is 4.98 Å². The van der Waals surface area contributed by atoms with Crippen LogP contribution in [0.5, 0.6) is 0 Å². The first-order chi connectivity index (χ1) is 10.5. The van der Waals surface area contributed by atoms with Crippen molar-refractivity contribution in [2.75, 3.05) is 13.6 Å². The molecule has 0 saturated carbocycles. The van der Waals surface area contributed by atoms with Crippen LogP contribution in [0.25, 0.3) is 10.6 Å². The van der Waals surface area contributed by atoms with Gasteiger partial charge in [0, 0.05) is 23.6 Å². The van der Waals surface area contributed by atoms with E-state index in [0.717, 1.165) is 21.1 Å². The van der Waals surface area contributed by atoms with Crippen LogP contribution < -0.4 is 10.6 Å². The predicted molar refractivity (Wildman–Crippen MR) is 92.4 cm³/mol. The molecular weight excluding hydrogens is 318 g/mol. The number of halogens is 1. The molecule has 0 aliphatic heterocycles. The number of nitrogens with zero attached hydrogens (tertiary/aromatic N) is 1. The lowest BCUT2D eigenvalue weighted by Gasteiger charge is -2.12. The first-order valence-electron chi connectivity index (χ1n) is 7.18. The van der Waals surface area contributed by atoms with Crippen LogP contribution >= 0.6 is 22.9 Å². The number of rotatable bonds is 6. The molecule has 0 bridgehead atoms. The Hall–Kier alpha value is -1.43. The molecule has 1 heterocycles. The lowest BCUT2D eigenvalue weighted by molar-refractivity contribution is -0.121. The van der Waals surface area contributed by atoms with E-state index in [0.29, 0.717) is 18.0 Å². The molecule has 118 valence electrons. The molecule has 0 radical (unpaired) electrons. The second kappa shape index (κ2) is 7.72. The largest absolute Gasteiger partial charge is 0.349 e. The van der Waals surface area contributed by atoms with Crippen LogP contribution in [0.1, 0.15) is 30.0 Å². The lowest BCUT2D eigenvalue weighted by atomic mass is 10.2. The fraction of sp³-hybridized carbons (Fsp3) is 0.375. The van der Waals surface area contributed by atoms with Crippen molar-refractivity contribution in [1.82, 2.24) is 15.6 Å². The molecular formula is C16H20ClN3OS. The molecule has 1 aromatic carbocycles. The van der Waals surface area contributed by atoms with Crippen molar-refractivity contribution in [3.8, 4) is 10.6 Å². The Bertz CT molecular complexity index is 639. The molecule has 0 spiro atoms. The van der Waals surface area contributed by atoms with Crippen LogP contribution in [0.2, 0.25) is 5.02 Å². The van der Waals surface area contributed by atoms with Gasteiger partial charge >= 0.3 is 0 Å². The van der Waals surface area contributed by atoms with Gasteiger partial charge in [-0.2, -0.15) is 0 Å². The molecule has 1 amide bonds. The van der Waals surface area contributed by atoms with Crippen LogP contribution in [0.15, 0.2) is 24.3 Å². The second-order valence-corrected chi connectivity index (χ2v) is 6.59. The smallest absolute Gasteiger partial charge is 0.221 e. The number of carbonyl (C=O) groups excluding carboxylic acids is 1. The summed E-state index contributed by atoms with van der Waals surface area (Å²) < 4.78 is 0. The highest BCUT2D eigenvalue weighted by molar-refractivity contribution is 7.15. The molecule has 2 rings (SSSR count). The van der Waals surface area contributed by atoms with E-state index in [4.69, 9.17) is 11.6 Å². The third-order valence-corrected chi connectivity index (χ3v) is 4.94. The maximum absolute atomic E-state index is 11.8. The van der Waals surface area contributed by atoms with Crippen LogP contribution in [-0.2, 0) is 4.79 Å². The minimum Gasteiger partial charge on any atom is -0.349 e. The summed E-state index contributed by atoms with van der Waals surface area (Å²) in [6.45, 7) is 4.64. The van der Waals surface area contributed by atoms with Crippen LogP contribution in [0.3, 0.4) is 0 Å². The lowest BCUT2D eigenvalue weighted by Crippen LogP contribution is -2.28. The van der Waals surface area contributed by atoms with Gasteiger partial charge in [0.1, 0.15) is 5.01 Å². The number of carbonyl (C=O) groups is 1. The van der Waals surface area contributed by atoms with Crippen molar-refractivity contribution in [3.63, 3.8) is 0 Å². The Morgan fingerprint density at radius 3 is 2.68 bits per heavy atom. The number of amides is 1. The van der Waals surface area contributed by atoms with Crippen molar-refractivity contribution < 1.29 is 4.79 Å². The fourth-order valence-electron chi connectivity index (χ4n) is 2.14. The van der Waals surface area contributed by atoms with Crippen molar-refractivity contribution in [1.29, 1.82) is 0 Å². The van der Waals surface area contributed by atoms with Gasteiger partial charge < -0.3 is 10.6 Å². The van der Waals surface area contributed by atoms with Gasteiger partial charge in [-0.1, -0.05) is 23.7 Å². The average molecular weight is 338 g/mol. The minimum atomic E-state index is -0.0390. The maximum Gasteiger partial charge on any atom is 0.221 e. The number of aromatic nitrogens is 1. The van der Waals surface area contributed by atoms with Crippen LogP contribution in [-0.4, -0.2) is 24.5 Å². The normalized spacial score (nSPS) is 12.2. The predicted octanol–water partition coefficient (Wildman–Crippen LogP) is 3.56. The average Bonchev–Trinajstić information content (AvgIpc) is 2.88. The second-order valence-electron chi connectivity index (χ2n) is 5.12. The van der Waals surface area contributed by atoms with Gasteiger partial charge in [0.25, 0.3) is 0 Å². The zero-order valence-corrected chi connectivity index (χ0v) is 14.5. The Kier molecular flexibility index (Phi) is 5.94. The SMILES string of the molecule is CNCCC(=O)NC(C)c1sc(-c2ccc(Cl)cc2)nc1C. The van der Waals surface area contributed by atoms with Gasteiger partial charge in [-0.3, -0.25) is 4.79 Å². The molecule has 1 aromatic heterocycles. The summed E-state index contributed by atoms with van der Waals surface area (Å²) >= 11 is 7.52. The van der Waals surface area contributed by atoms with Crippen LogP contribution in [0, 0.1) is 6.92 Å². The molecule has 0 fully saturated rings. The first kappa shape index (κ1) is 16.9. The third kappa shape index (κ3) is 4.29. The van der Waals surface area contributed by atoms with E-state index in [1.807, 2.05) is 45.2 Å². The van der Waals surface area contributed by atoms with Gasteiger partial charge in [0.15, 0.2) is 0 Å². The number of hydrogen-bond acceptors (Lipinski definition) is 4. The van der Waals surface area contributed by atoms with E-state index in [1.165, 1.54) is 0 Å². The molecule has 22 heavy (non-hydrogen) atoms. The first-order valence-corrected chi connectivity index (χ1v) is 8.38. The Balaban J connectivity index is 2.12. The molecule has 6 heteroatoms. The highest BCUT2D eigenvalue weighted by Gasteiger charge is 2.17. The Morgan fingerprint density at radius 1 is 1.36 bits per heavy atom. The minimum absolute atomic E-state index is 0.0390. The number of thiazole rings is 1. The molecule has 2 aromatic rings. The van der Waals surface area contributed by atoms with E-state index in [1.54, 1.807) is 11.3 Å². The van der Waals surface area contributed by atoms with Crippen molar-refractivity contribution in [3.05, 3.63) is 39.9 Å². The summed E-state index contributed by atoms with van der Waals surface area (Å²) in [5, 5.41) is 7.64. The molecule has 1 unspecified atom stereocenters. The summed E-state index contributed by atoms with van der Waals surface area (Å²) in [6, 6.07) is 7.59. The van der Waals surface area contributed by atoms with E-state index >= 15 is 0 Å². The summed E-state index contributed by atoms with van der Waals surface area (Å²) in [5.41, 5.74) is 1.99. The number of benzene rings is 1. The molecule has 4 nitrogen and oxygen atoms in total. The summed E-state index contributed by atoms with van der Waals surface area (Å²) in [6.07, 6.45) is 0.475. The van der Waals surface area contributed by atoms with E-state index in [-0.39, 0.29) is 11.9 Å². The third-order valence-electron chi connectivity index (χ3n) is 3.30. The maximum atomic E-state index is 11.8. The monoisotopic (exact) mass is 337 g/mol. The number of aryl methyl sites for hydroxylation is 1. The summed E-state index contributed by atoms with van der Waals surface area (Å²) in [5.74, 6) is 0.0442. The molecule has 2 N–H and O–H groups in total. The standard InChI is InChI=1S/C16H20ClN3OS/c1-10(19-14(21)8-9-18-3)15-11(2)20-16(22-15)12-4-6-13(17)7-5-12/h4-7,10,18H,8-9H2,1-3H3,(H,19,21). The highest BCUT2D eigenvalue weighted by atomic mass is 35.5. The van der Waals surface area contributed by atoms with E-state index in [9.17, 15) is 4.79 Å². The van der Waals surface area contributed by atoms with Gasteiger partial charge in [-0.05, 0) is 33.0 Å². The molecule has 0 saturated heterocycles. The number of hydrogen-bond donors (Lipinski definition) is 2. The zero-order valence-electron chi connectivity index (χ0n) is 12.9. The molecule has 0 aliphatic carbocycles. The van der Waals surface area contributed by atoms with Crippen molar-refractivity contribution in [2.45, 2.75) is 26.3 Å². The topological polar surface area (TPSA) is 54.0 Å². The fourth-order valence-corrected chi connectivity index (χ4v) is 3.34. The highest BCUT2D eigenvalue weighted by Crippen LogP contribution is 2.32. The van der Waals surface area contributed by atoms with Gasteiger partial charge in [-0.15, -0.1) is 11.3 Å². The van der Waals surface area contributed by atoms with E-state index in [2.05, 4.69) is 15.6 Å². The number of nitrogens with one attached hydrogen (secondary N) is 2. The summed E-state index contributed by atoms with van der Waals surface area (Å²) in [7, 11) is 1.84. The van der Waals surface area contributed by atoms with E-state index < -0.39 is 0 Å².